The number of rotatable bonds is 8. The van der Waals surface area contributed by atoms with Crippen LogP contribution in [0.2, 0.25) is 0 Å². The van der Waals surface area contributed by atoms with E-state index in [1.165, 1.54) is 0 Å². The largest absolute Gasteiger partial charge is 0.480 e. The van der Waals surface area contributed by atoms with Crippen molar-refractivity contribution in [2.75, 3.05) is 11.9 Å². The van der Waals surface area contributed by atoms with Gasteiger partial charge in [0.2, 0.25) is 11.8 Å². The van der Waals surface area contributed by atoms with Crippen molar-refractivity contribution in [1.29, 1.82) is 0 Å². The number of aromatic nitrogens is 2. The summed E-state index contributed by atoms with van der Waals surface area (Å²) in [5, 5.41) is 21.8. The van der Waals surface area contributed by atoms with E-state index >= 15 is 0 Å². The minimum atomic E-state index is -0.967. The molecule has 1 heterocycles. The smallest absolute Gasteiger partial charge is 0.322 e. The fraction of sp³-hybridized carbons (Fsp3) is 0.692. The Morgan fingerprint density at radius 3 is 2.67 bits per heavy atom. The van der Waals surface area contributed by atoms with Crippen LogP contribution in [0.1, 0.15) is 44.9 Å². The van der Waals surface area contributed by atoms with Gasteiger partial charge in [-0.15, -0.1) is 5.10 Å². The van der Waals surface area contributed by atoms with Gasteiger partial charge in [-0.05, 0) is 25.2 Å². The molecule has 1 unspecified atom stereocenters. The van der Waals surface area contributed by atoms with Crippen LogP contribution in [0.3, 0.4) is 0 Å². The molecule has 0 aromatic carbocycles. The van der Waals surface area contributed by atoms with Crippen LogP contribution >= 0.6 is 0 Å². The summed E-state index contributed by atoms with van der Waals surface area (Å²) in [6, 6.07) is -0.695. The first-order valence-electron chi connectivity index (χ1n) is 7.05. The second-order valence-electron chi connectivity index (χ2n) is 5.67. The molecule has 0 radical (unpaired) electrons. The van der Waals surface area contributed by atoms with Gasteiger partial charge in [0.15, 0.2) is 0 Å². The topological polar surface area (TPSA) is 117 Å². The van der Waals surface area contributed by atoms with Crippen molar-refractivity contribution in [2.45, 2.75) is 45.1 Å². The number of anilines is 1. The average molecular weight is 296 g/mol. The molecule has 0 bridgehead atoms. The van der Waals surface area contributed by atoms with Crippen LogP contribution in [0.15, 0.2) is 4.42 Å². The van der Waals surface area contributed by atoms with Crippen LogP contribution in [0.5, 0.6) is 0 Å². The summed E-state index contributed by atoms with van der Waals surface area (Å²) in [4.78, 5) is 22.8. The van der Waals surface area contributed by atoms with Gasteiger partial charge >= 0.3 is 12.0 Å². The summed E-state index contributed by atoms with van der Waals surface area (Å²) in [6.07, 6.45) is 2.52. The Labute approximate surface area is 122 Å². The zero-order chi connectivity index (χ0) is 15.4. The molecule has 0 saturated heterocycles. The molecule has 1 aromatic rings. The zero-order valence-electron chi connectivity index (χ0n) is 12.1. The van der Waals surface area contributed by atoms with Crippen molar-refractivity contribution >= 4 is 17.9 Å². The molecule has 1 aliphatic rings. The molecule has 8 nitrogen and oxygen atoms in total. The van der Waals surface area contributed by atoms with Crippen molar-refractivity contribution in [1.82, 2.24) is 15.5 Å². The van der Waals surface area contributed by atoms with E-state index < -0.39 is 17.9 Å². The lowest BCUT2D eigenvalue weighted by Gasteiger charge is -2.15. The Hall–Kier alpha value is -1.96. The maximum Gasteiger partial charge on any atom is 0.322 e. The first kappa shape index (κ1) is 15.4. The molecular weight excluding hydrogens is 276 g/mol. The molecule has 0 spiro atoms. The molecule has 1 aromatic heterocycles. The SMILES string of the molecule is CC(C)CC(NCC(=O)Nc1nnc(C2CC2)o1)C(=O)O. The van der Waals surface area contributed by atoms with Gasteiger partial charge in [0.05, 0.1) is 6.54 Å². The van der Waals surface area contributed by atoms with E-state index in [0.717, 1.165) is 12.8 Å². The Morgan fingerprint density at radius 1 is 1.38 bits per heavy atom. The van der Waals surface area contributed by atoms with Gasteiger partial charge in [-0.3, -0.25) is 20.2 Å². The Kier molecular flexibility index (Phi) is 4.89. The van der Waals surface area contributed by atoms with Crippen molar-refractivity contribution in [3.63, 3.8) is 0 Å². The lowest BCUT2D eigenvalue weighted by Crippen LogP contribution is -2.42. The third kappa shape index (κ3) is 4.82. The number of carbonyl (C=O) groups excluding carboxylic acids is 1. The third-order valence-corrected chi connectivity index (χ3v) is 3.13. The zero-order valence-corrected chi connectivity index (χ0v) is 12.1. The molecule has 1 fully saturated rings. The highest BCUT2D eigenvalue weighted by Gasteiger charge is 2.29. The van der Waals surface area contributed by atoms with Crippen LogP contribution < -0.4 is 10.6 Å². The second kappa shape index (κ2) is 6.66. The van der Waals surface area contributed by atoms with E-state index in [1.54, 1.807) is 0 Å². The summed E-state index contributed by atoms with van der Waals surface area (Å²) in [7, 11) is 0. The fourth-order valence-electron chi connectivity index (χ4n) is 1.90. The van der Waals surface area contributed by atoms with Crippen LogP contribution in [-0.4, -0.2) is 39.8 Å². The quantitative estimate of drug-likeness (QED) is 0.654. The van der Waals surface area contributed by atoms with Crippen molar-refractivity contribution in [2.24, 2.45) is 5.92 Å². The van der Waals surface area contributed by atoms with E-state index in [4.69, 9.17) is 9.52 Å². The van der Waals surface area contributed by atoms with Gasteiger partial charge in [0.25, 0.3) is 0 Å². The number of nitrogens with one attached hydrogen (secondary N) is 2. The van der Waals surface area contributed by atoms with E-state index in [0.29, 0.717) is 18.2 Å². The highest BCUT2D eigenvalue weighted by Crippen LogP contribution is 2.39. The van der Waals surface area contributed by atoms with Crippen LogP contribution in [0.25, 0.3) is 0 Å². The molecule has 8 heteroatoms. The van der Waals surface area contributed by atoms with Crippen LogP contribution in [0, 0.1) is 5.92 Å². The van der Waals surface area contributed by atoms with E-state index in [2.05, 4.69) is 20.8 Å². The fourth-order valence-corrected chi connectivity index (χ4v) is 1.90. The van der Waals surface area contributed by atoms with Crippen molar-refractivity contribution in [3.05, 3.63) is 5.89 Å². The number of nitrogens with zero attached hydrogens (tertiary/aromatic N) is 2. The molecular formula is C13H20N4O4. The molecule has 1 saturated carbocycles. The number of hydrogen-bond acceptors (Lipinski definition) is 6. The van der Waals surface area contributed by atoms with Gasteiger partial charge in [0, 0.05) is 5.92 Å². The van der Waals surface area contributed by atoms with Gasteiger partial charge in [-0.25, -0.2) is 0 Å². The second-order valence-corrected chi connectivity index (χ2v) is 5.67. The molecule has 116 valence electrons. The maximum absolute atomic E-state index is 11.7. The molecule has 1 amide bonds. The lowest BCUT2D eigenvalue weighted by molar-refractivity contribution is -0.139. The molecule has 21 heavy (non-hydrogen) atoms. The van der Waals surface area contributed by atoms with Crippen LogP contribution in [0.4, 0.5) is 6.01 Å². The predicted molar refractivity (Wildman–Crippen MR) is 73.8 cm³/mol. The molecule has 2 rings (SSSR count). The summed E-state index contributed by atoms with van der Waals surface area (Å²) >= 11 is 0. The normalized spacial score (nSPS) is 16.0. The number of hydrogen-bond donors (Lipinski definition) is 3. The average Bonchev–Trinajstić information content (AvgIpc) is 3.15. The Bertz CT molecular complexity index is 510. The number of carbonyl (C=O) groups is 2. The maximum atomic E-state index is 11.7. The summed E-state index contributed by atoms with van der Waals surface area (Å²) in [5.41, 5.74) is 0. The minimum absolute atomic E-state index is 0.0550. The number of aliphatic carboxylic acids is 1. The van der Waals surface area contributed by atoms with E-state index in [9.17, 15) is 9.59 Å². The highest BCUT2D eigenvalue weighted by atomic mass is 16.4. The minimum Gasteiger partial charge on any atom is -0.480 e. The first-order chi connectivity index (χ1) is 9.95. The van der Waals surface area contributed by atoms with Crippen molar-refractivity contribution < 1.29 is 19.1 Å². The number of carboxylic acid groups (broad SMARTS) is 1. The van der Waals surface area contributed by atoms with E-state index in [1.807, 2.05) is 13.8 Å². The first-order valence-corrected chi connectivity index (χ1v) is 7.05. The number of amides is 1. The summed E-state index contributed by atoms with van der Waals surface area (Å²) in [6.45, 7) is 3.73. The molecule has 0 aliphatic heterocycles. The van der Waals surface area contributed by atoms with Gasteiger partial charge < -0.3 is 9.52 Å². The third-order valence-electron chi connectivity index (χ3n) is 3.13. The molecule has 1 aliphatic carbocycles. The molecule has 3 N–H and O–H groups in total. The predicted octanol–water partition coefficient (Wildman–Crippen LogP) is 0.974. The highest BCUT2D eigenvalue weighted by molar-refractivity contribution is 5.90. The number of carboxylic acids is 1. The molecule has 1 atom stereocenters. The lowest BCUT2D eigenvalue weighted by atomic mass is 10.0. The summed E-state index contributed by atoms with van der Waals surface area (Å²) in [5.74, 6) is -0.287. The van der Waals surface area contributed by atoms with E-state index in [-0.39, 0.29) is 18.5 Å². The van der Waals surface area contributed by atoms with Crippen LogP contribution in [-0.2, 0) is 9.59 Å². The van der Waals surface area contributed by atoms with Crippen molar-refractivity contribution in [3.8, 4) is 0 Å². The Morgan fingerprint density at radius 2 is 2.10 bits per heavy atom. The summed E-state index contributed by atoms with van der Waals surface area (Å²) < 4.78 is 5.30. The van der Waals surface area contributed by atoms with Gasteiger partial charge in [-0.2, -0.15) is 0 Å². The Balaban J connectivity index is 1.78. The monoisotopic (exact) mass is 296 g/mol. The standard InChI is InChI=1S/C13H20N4O4/c1-7(2)5-9(12(19)20)14-6-10(18)15-13-17-16-11(21-13)8-3-4-8/h7-9,14H,3-6H2,1-2H3,(H,19,20)(H,15,17,18). The van der Waals surface area contributed by atoms with Gasteiger partial charge in [-0.1, -0.05) is 18.9 Å². The van der Waals surface area contributed by atoms with Gasteiger partial charge in [0.1, 0.15) is 6.04 Å².